The van der Waals surface area contributed by atoms with Crippen LogP contribution < -0.4 is 10.2 Å². The van der Waals surface area contributed by atoms with Crippen molar-refractivity contribution >= 4 is 28.9 Å². The molecule has 1 N–H and O–H groups in total. The molecule has 1 aromatic heterocycles. The second-order valence-electron chi connectivity index (χ2n) is 5.87. The van der Waals surface area contributed by atoms with E-state index in [1.54, 1.807) is 6.07 Å². The molecule has 1 aliphatic rings. The predicted octanol–water partition coefficient (Wildman–Crippen LogP) is 3.64. The first-order valence-electron chi connectivity index (χ1n) is 7.72. The molecule has 5 nitrogen and oxygen atoms in total. The highest BCUT2D eigenvalue weighted by molar-refractivity contribution is 6.33. The zero-order valence-corrected chi connectivity index (χ0v) is 14.3. The molecule has 0 aliphatic carbocycles. The summed E-state index contributed by atoms with van der Waals surface area (Å²) >= 11 is 6.01. The minimum atomic E-state index is -4.43. The lowest BCUT2D eigenvalue weighted by Gasteiger charge is -2.33. The summed E-state index contributed by atoms with van der Waals surface area (Å²) in [5, 5.41) is 3.04. The van der Waals surface area contributed by atoms with Gasteiger partial charge in [-0.1, -0.05) is 11.6 Å². The Labute approximate surface area is 148 Å². The molecule has 1 aliphatic heterocycles. The molecule has 2 heterocycles. The van der Waals surface area contributed by atoms with Crippen LogP contribution in [0.5, 0.6) is 0 Å². The summed E-state index contributed by atoms with van der Waals surface area (Å²) in [7, 11) is 2.06. The summed E-state index contributed by atoms with van der Waals surface area (Å²) in [6.45, 7) is 3.51. The second kappa shape index (κ2) is 7.05. The number of likely N-dealkylation sites (N-methyl/N-ethyl adjacent to an activating group) is 1. The maximum Gasteiger partial charge on any atom is 0.416 e. The first-order chi connectivity index (χ1) is 11.8. The van der Waals surface area contributed by atoms with Crippen molar-refractivity contribution in [2.45, 2.75) is 6.18 Å². The van der Waals surface area contributed by atoms with Crippen molar-refractivity contribution in [3.8, 4) is 0 Å². The van der Waals surface area contributed by atoms with E-state index >= 15 is 0 Å². The fourth-order valence-electron chi connectivity index (χ4n) is 2.56. The maximum atomic E-state index is 12.9. The van der Waals surface area contributed by atoms with E-state index in [2.05, 4.69) is 32.1 Å². The standard InChI is InChI=1S/C16H17ClF3N5/c1-24-4-6-25(7-5-24)15-9-14(21-10-22-15)23-13-8-11(16(18,19)20)2-3-12(13)17/h2-3,8-10H,4-7H2,1H3,(H,21,22,23). The van der Waals surface area contributed by atoms with E-state index in [1.165, 1.54) is 12.4 Å². The molecule has 1 aromatic carbocycles. The zero-order valence-electron chi connectivity index (χ0n) is 13.5. The van der Waals surface area contributed by atoms with Crippen LogP contribution in [0.25, 0.3) is 0 Å². The number of alkyl halides is 3. The number of hydrogen-bond donors (Lipinski definition) is 1. The summed E-state index contributed by atoms with van der Waals surface area (Å²) in [4.78, 5) is 12.7. The molecular formula is C16H17ClF3N5. The van der Waals surface area contributed by atoms with Crippen molar-refractivity contribution < 1.29 is 13.2 Å². The van der Waals surface area contributed by atoms with Gasteiger partial charge >= 0.3 is 6.18 Å². The normalized spacial score (nSPS) is 16.1. The number of halogens is 4. The average molecular weight is 372 g/mol. The minimum Gasteiger partial charge on any atom is -0.354 e. The Morgan fingerprint density at radius 3 is 2.48 bits per heavy atom. The van der Waals surface area contributed by atoms with Crippen LogP contribution >= 0.6 is 11.6 Å². The lowest BCUT2D eigenvalue weighted by molar-refractivity contribution is -0.137. The third-order valence-corrected chi connectivity index (χ3v) is 4.37. The molecule has 0 bridgehead atoms. The fraction of sp³-hybridized carbons (Fsp3) is 0.375. The first-order valence-corrected chi connectivity index (χ1v) is 8.10. The number of anilines is 3. The van der Waals surface area contributed by atoms with Gasteiger partial charge in [0.2, 0.25) is 0 Å². The van der Waals surface area contributed by atoms with E-state index in [0.717, 1.165) is 44.1 Å². The van der Waals surface area contributed by atoms with Gasteiger partial charge in [-0.25, -0.2) is 9.97 Å². The summed E-state index contributed by atoms with van der Waals surface area (Å²) in [5.41, 5.74) is -0.618. The van der Waals surface area contributed by atoms with E-state index in [4.69, 9.17) is 11.6 Å². The predicted molar refractivity (Wildman–Crippen MR) is 91.5 cm³/mol. The lowest BCUT2D eigenvalue weighted by Crippen LogP contribution is -2.44. The molecule has 0 radical (unpaired) electrons. The van der Waals surface area contributed by atoms with Crippen LogP contribution in [-0.2, 0) is 6.18 Å². The van der Waals surface area contributed by atoms with Crippen LogP contribution in [0.15, 0.2) is 30.6 Å². The molecule has 3 rings (SSSR count). The summed E-state index contributed by atoms with van der Waals surface area (Å²) in [6.07, 6.45) is -3.05. The number of piperazine rings is 1. The average Bonchev–Trinajstić information content (AvgIpc) is 2.57. The Morgan fingerprint density at radius 2 is 1.80 bits per heavy atom. The van der Waals surface area contributed by atoms with E-state index in [1.807, 2.05) is 0 Å². The third kappa shape index (κ3) is 4.32. The molecule has 1 saturated heterocycles. The molecule has 1 fully saturated rings. The van der Waals surface area contributed by atoms with Gasteiger partial charge in [0.25, 0.3) is 0 Å². The molecule has 2 aromatic rings. The van der Waals surface area contributed by atoms with Gasteiger partial charge in [-0.3, -0.25) is 0 Å². The van der Waals surface area contributed by atoms with Crippen LogP contribution in [-0.4, -0.2) is 48.1 Å². The van der Waals surface area contributed by atoms with E-state index in [9.17, 15) is 13.2 Å². The number of rotatable bonds is 3. The van der Waals surface area contributed by atoms with Gasteiger partial charge < -0.3 is 15.1 Å². The van der Waals surface area contributed by atoms with Gasteiger partial charge in [0, 0.05) is 32.2 Å². The maximum absolute atomic E-state index is 12.9. The Balaban J connectivity index is 1.81. The quantitative estimate of drug-likeness (QED) is 0.892. The van der Waals surface area contributed by atoms with Crippen molar-refractivity contribution in [1.29, 1.82) is 0 Å². The molecule has 0 saturated carbocycles. The molecule has 25 heavy (non-hydrogen) atoms. The molecule has 9 heteroatoms. The van der Waals surface area contributed by atoms with Crippen LogP contribution in [0.1, 0.15) is 5.56 Å². The van der Waals surface area contributed by atoms with Crippen LogP contribution in [0.3, 0.4) is 0 Å². The number of benzene rings is 1. The van der Waals surface area contributed by atoms with Crippen LogP contribution in [0, 0.1) is 0 Å². The lowest BCUT2D eigenvalue weighted by atomic mass is 10.2. The van der Waals surface area contributed by atoms with E-state index in [0.29, 0.717) is 5.82 Å². The van der Waals surface area contributed by atoms with Gasteiger partial charge in [0.15, 0.2) is 0 Å². The number of aromatic nitrogens is 2. The van der Waals surface area contributed by atoms with Gasteiger partial charge in [-0.2, -0.15) is 13.2 Å². The Bertz CT molecular complexity index is 745. The topological polar surface area (TPSA) is 44.3 Å². The Morgan fingerprint density at radius 1 is 1.08 bits per heavy atom. The van der Waals surface area contributed by atoms with Gasteiger partial charge in [-0.15, -0.1) is 0 Å². The number of hydrogen-bond acceptors (Lipinski definition) is 5. The van der Waals surface area contributed by atoms with E-state index in [-0.39, 0.29) is 10.7 Å². The van der Waals surface area contributed by atoms with Gasteiger partial charge in [0.05, 0.1) is 16.3 Å². The smallest absolute Gasteiger partial charge is 0.354 e. The number of nitrogens with one attached hydrogen (secondary N) is 1. The van der Waals surface area contributed by atoms with Gasteiger partial charge in [0.1, 0.15) is 18.0 Å². The molecule has 0 atom stereocenters. The molecular weight excluding hydrogens is 355 g/mol. The summed E-state index contributed by atoms with van der Waals surface area (Å²) < 4.78 is 38.6. The molecule has 0 amide bonds. The van der Waals surface area contributed by atoms with Gasteiger partial charge in [-0.05, 0) is 25.2 Å². The third-order valence-electron chi connectivity index (χ3n) is 4.04. The van der Waals surface area contributed by atoms with E-state index < -0.39 is 11.7 Å². The zero-order chi connectivity index (χ0) is 18.0. The summed E-state index contributed by atoms with van der Waals surface area (Å²) in [5.74, 6) is 1.12. The molecule has 0 unspecified atom stereocenters. The Hall–Kier alpha value is -2.06. The highest BCUT2D eigenvalue weighted by atomic mass is 35.5. The monoisotopic (exact) mass is 371 g/mol. The highest BCUT2D eigenvalue weighted by Crippen LogP contribution is 2.34. The first kappa shape index (κ1) is 17.8. The molecule has 134 valence electrons. The van der Waals surface area contributed by atoms with Crippen molar-refractivity contribution in [2.75, 3.05) is 43.4 Å². The summed E-state index contributed by atoms with van der Waals surface area (Å²) in [6, 6.07) is 4.85. The minimum absolute atomic E-state index is 0.152. The molecule has 0 spiro atoms. The Kier molecular flexibility index (Phi) is 5.01. The fourth-order valence-corrected chi connectivity index (χ4v) is 2.72. The number of nitrogens with zero attached hydrogens (tertiary/aromatic N) is 4. The van der Waals surface area contributed by atoms with Crippen molar-refractivity contribution in [1.82, 2.24) is 14.9 Å². The largest absolute Gasteiger partial charge is 0.416 e. The van der Waals surface area contributed by atoms with Crippen molar-refractivity contribution in [2.24, 2.45) is 0 Å². The highest BCUT2D eigenvalue weighted by Gasteiger charge is 2.31. The van der Waals surface area contributed by atoms with Crippen molar-refractivity contribution in [3.63, 3.8) is 0 Å². The van der Waals surface area contributed by atoms with Crippen LogP contribution in [0.4, 0.5) is 30.5 Å². The SMILES string of the molecule is CN1CCN(c2cc(Nc3cc(C(F)(F)F)ccc3Cl)ncn2)CC1. The van der Waals surface area contributed by atoms with Crippen molar-refractivity contribution in [3.05, 3.63) is 41.2 Å². The van der Waals surface area contributed by atoms with Crippen LogP contribution in [0.2, 0.25) is 5.02 Å². The second-order valence-corrected chi connectivity index (χ2v) is 6.28.